The zero-order chi connectivity index (χ0) is 16.7. The molecule has 0 radical (unpaired) electrons. The molecular formula is C18H19ClN4O2. The fraction of sp³-hybridized carbons (Fsp3) is 0.333. The summed E-state index contributed by atoms with van der Waals surface area (Å²) in [6, 6.07) is 7.24. The fourth-order valence-electron chi connectivity index (χ4n) is 3.12. The second kappa shape index (κ2) is 6.69. The fourth-order valence-corrected chi connectivity index (χ4v) is 3.12. The van der Waals surface area contributed by atoms with Crippen molar-refractivity contribution in [2.45, 2.75) is 31.2 Å². The monoisotopic (exact) mass is 358 g/mol. The highest BCUT2D eigenvalue weighted by Gasteiger charge is 2.28. The number of hydrogen-bond acceptors (Lipinski definition) is 4. The van der Waals surface area contributed by atoms with Crippen LogP contribution >= 0.6 is 12.4 Å². The van der Waals surface area contributed by atoms with Crippen LogP contribution in [-0.4, -0.2) is 29.4 Å². The van der Waals surface area contributed by atoms with Crippen molar-refractivity contribution in [2.24, 2.45) is 0 Å². The molecule has 2 aromatic rings. The lowest BCUT2D eigenvalue weighted by atomic mass is 10.00. The largest absolute Gasteiger partial charge is 0.354 e. The van der Waals surface area contributed by atoms with Gasteiger partial charge in [0.05, 0.1) is 22.7 Å². The Morgan fingerprint density at radius 3 is 2.76 bits per heavy atom. The number of carbonyl (C=O) groups excluding carboxylic acids is 2. The van der Waals surface area contributed by atoms with Crippen molar-refractivity contribution in [3.05, 3.63) is 41.1 Å². The number of fused-ring (bicyclic) bond motifs is 1. The van der Waals surface area contributed by atoms with Crippen LogP contribution in [0.3, 0.4) is 0 Å². The highest BCUT2D eigenvalue weighted by atomic mass is 35.5. The van der Waals surface area contributed by atoms with Crippen molar-refractivity contribution >= 4 is 35.1 Å². The number of nitrogens with one attached hydrogen (secondary N) is 2. The Balaban J connectivity index is 0.00000121. The van der Waals surface area contributed by atoms with Gasteiger partial charge in [0.25, 0.3) is 5.91 Å². The minimum atomic E-state index is -0.486. The Labute approximate surface area is 152 Å². The van der Waals surface area contributed by atoms with E-state index in [1.54, 1.807) is 12.1 Å². The molecule has 0 unspecified atom stereocenters. The molecular weight excluding hydrogens is 340 g/mol. The number of benzene rings is 1. The molecule has 6 nitrogen and oxygen atoms in total. The molecule has 25 heavy (non-hydrogen) atoms. The Hall–Kier alpha value is -2.65. The molecule has 1 atom stereocenters. The molecule has 1 aliphatic heterocycles. The van der Waals surface area contributed by atoms with E-state index >= 15 is 0 Å². The minimum Gasteiger partial charge on any atom is -0.354 e. The second-order valence-corrected chi connectivity index (χ2v) is 6.35. The maximum Gasteiger partial charge on any atom is 0.253 e. The summed E-state index contributed by atoms with van der Waals surface area (Å²) in [7, 11) is 0. The van der Waals surface area contributed by atoms with Crippen LogP contribution in [0.25, 0.3) is 10.9 Å². The third kappa shape index (κ3) is 3.28. The number of carbonyl (C=O) groups is 2. The first-order chi connectivity index (χ1) is 11.7. The van der Waals surface area contributed by atoms with Crippen LogP contribution < -0.4 is 10.6 Å². The predicted octanol–water partition coefficient (Wildman–Crippen LogP) is 2.27. The summed E-state index contributed by atoms with van der Waals surface area (Å²) in [6.07, 6.45) is 4.34. The van der Waals surface area contributed by atoms with Crippen molar-refractivity contribution in [2.75, 3.05) is 6.54 Å². The third-order valence-corrected chi connectivity index (χ3v) is 4.61. The van der Waals surface area contributed by atoms with Gasteiger partial charge in [-0.05, 0) is 48.9 Å². The molecule has 130 valence electrons. The van der Waals surface area contributed by atoms with Crippen LogP contribution in [0.2, 0.25) is 0 Å². The molecule has 1 aliphatic carbocycles. The Morgan fingerprint density at radius 2 is 2.12 bits per heavy atom. The summed E-state index contributed by atoms with van der Waals surface area (Å²) in [5.74, 6) is -0.0103. The van der Waals surface area contributed by atoms with Crippen LogP contribution in [-0.2, 0) is 4.79 Å². The first kappa shape index (κ1) is 17.2. The van der Waals surface area contributed by atoms with Crippen LogP contribution in [0.4, 0.5) is 0 Å². The van der Waals surface area contributed by atoms with Crippen molar-refractivity contribution in [3.63, 3.8) is 0 Å². The second-order valence-electron chi connectivity index (χ2n) is 6.35. The van der Waals surface area contributed by atoms with Gasteiger partial charge in [0, 0.05) is 19.6 Å². The predicted molar refractivity (Wildman–Crippen MR) is 96.7 cm³/mol. The average molecular weight is 359 g/mol. The maximum atomic E-state index is 12.3. The Kier molecular flexibility index (Phi) is 4.60. The molecule has 1 saturated heterocycles. The van der Waals surface area contributed by atoms with Gasteiger partial charge in [-0.2, -0.15) is 5.26 Å². The molecule has 1 aromatic carbocycles. The third-order valence-electron chi connectivity index (χ3n) is 4.61. The number of nitrogens with zero attached hydrogens (tertiary/aromatic N) is 2. The van der Waals surface area contributed by atoms with Crippen molar-refractivity contribution < 1.29 is 11.0 Å². The summed E-state index contributed by atoms with van der Waals surface area (Å²) in [5, 5.41) is 15.5. The first-order valence-electron chi connectivity index (χ1n) is 8.08. The van der Waals surface area contributed by atoms with E-state index in [2.05, 4.69) is 21.7 Å². The summed E-state index contributed by atoms with van der Waals surface area (Å²) in [5.41, 5.74) is 2.88. The Bertz CT molecular complexity index is 908. The van der Waals surface area contributed by atoms with Gasteiger partial charge in [0.2, 0.25) is 5.91 Å². The summed E-state index contributed by atoms with van der Waals surface area (Å²) >= 11 is 0. The average Bonchev–Trinajstić information content (AvgIpc) is 3.37. The lowest BCUT2D eigenvalue weighted by Gasteiger charge is -2.11. The van der Waals surface area contributed by atoms with E-state index in [4.69, 9.17) is 0 Å². The van der Waals surface area contributed by atoms with Gasteiger partial charge in [0.1, 0.15) is 6.04 Å². The molecule has 7 heteroatoms. The number of aromatic nitrogens is 1. The molecule has 2 aliphatic rings. The van der Waals surface area contributed by atoms with Crippen molar-refractivity contribution in [3.8, 4) is 6.07 Å². The zero-order valence-corrected chi connectivity index (χ0v) is 14.2. The molecule has 2 heterocycles. The van der Waals surface area contributed by atoms with Crippen LogP contribution in [0.15, 0.2) is 24.4 Å². The first-order valence-corrected chi connectivity index (χ1v) is 8.08. The standard InChI is InChI=1S/C18H16N4O2.ClH.H2/c19-8-12-5-11-6-13(17(23)22-15-3-4-20-18(15)24)9-21-16(11)7-14(12)10-1-2-10;;/h5-7,9-10,15H,1-4H2,(H,20,24)(H,22,23);2*1H/t15-;;/m0../s1. The highest BCUT2D eigenvalue weighted by Crippen LogP contribution is 2.42. The van der Waals surface area contributed by atoms with Crippen molar-refractivity contribution in [1.82, 2.24) is 15.6 Å². The molecule has 2 N–H and O–H groups in total. The van der Waals surface area contributed by atoms with Gasteiger partial charge < -0.3 is 10.6 Å². The Morgan fingerprint density at radius 1 is 1.32 bits per heavy atom. The molecule has 4 rings (SSSR count). The molecule has 1 aromatic heterocycles. The van der Waals surface area contributed by atoms with Gasteiger partial charge >= 0.3 is 0 Å². The van der Waals surface area contributed by atoms with E-state index < -0.39 is 6.04 Å². The van der Waals surface area contributed by atoms with E-state index in [0.29, 0.717) is 30.0 Å². The van der Waals surface area contributed by atoms with E-state index in [0.717, 1.165) is 29.3 Å². The maximum absolute atomic E-state index is 12.3. The van der Waals surface area contributed by atoms with Crippen LogP contribution in [0, 0.1) is 11.3 Å². The van der Waals surface area contributed by atoms with Gasteiger partial charge in [-0.25, -0.2) is 0 Å². The number of nitriles is 1. The molecule has 0 spiro atoms. The normalized spacial score (nSPS) is 19.0. The molecule has 0 bridgehead atoms. The highest BCUT2D eigenvalue weighted by molar-refractivity contribution is 6.00. The van der Waals surface area contributed by atoms with Crippen LogP contribution in [0.1, 0.15) is 48.1 Å². The summed E-state index contributed by atoms with van der Waals surface area (Å²) in [4.78, 5) is 28.3. The lowest BCUT2D eigenvalue weighted by molar-refractivity contribution is -0.120. The number of halogens is 1. The van der Waals surface area contributed by atoms with E-state index in [1.807, 2.05) is 6.07 Å². The molecule has 1 saturated carbocycles. The summed E-state index contributed by atoms with van der Waals surface area (Å²) < 4.78 is 0. The van der Waals surface area contributed by atoms with Gasteiger partial charge in [-0.1, -0.05) is 0 Å². The smallest absolute Gasteiger partial charge is 0.253 e. The van der Waals surface area contributed by atoms with Gasteiger partial charge in [-0.15, -0.1) is 12.4 Å². The van der Waals surface area contributed by atoms with Crippen molar-refractivity contribution in [1.29, 1.82) is 5.26 Å². The number of amides is 2. The zero-order valence-electron chi connectivity index (χ0n) is 13.4. The van der Waals surface area contributed by atoms with Gasteiger partial charge in [-0.3, -0.25) is 14.6 Å². The quantitative estimate of drug-likeness (QED) is 0.879. The number of hydrogen-bond donors (Lipinski definition) is 2. The van der Waals surface area contributed by atoms with Crippen LogP contribution in [0.5, 0.6) is 0 Å². The van der Waals surface area contributed by atoms with E-state index in [1.165, 1.54) is 6.20 Å². The van der Waals surface area contributed by atoms with E-state index in [9.17, 15) is 14.9 Å². The lowest BCUT2D eigenvalue weighted by Crippen LogP contribution is -2.40. The minimum absolute atomic E-state index is 0. The number of pyridine rings is 1. The molecule has 2 fully saturated rings. The number of rotatable bonds is 3. The summed E-state index contributed by atoms with van der Waals surface area (Å²) in [6.45, 7) is 0.579. The topological polar surface area (TPSA) is 94.9 Å². The van der Waals surface area contributed by atoms with Gasteiger partial charge in [0.15, 0.2) is 0 Å². The SMILES string of the molecule is Cl.N#Cc1cc2cc(C(=O)N[C@H]3CCNC3=O)cnc2cc1C1CC1.[HH]. The van der Waals surface area contributed by atoms with E-state index in [-0.39, 0.29) is 25.6 Å². The molecule has 2 amide bonds.